The second kappa shape index (κ2) is 3.34. The molecule has 1 aromatic heterocycles. The Morgan fingerprint density at radius 2 is 2.14 bits per heavy atom. The molecule has 0 aliphatic heterocycles. The van der Waals surface area contributed by atoms with Crippen LogP contribution in [-0.2, 0) is 0 Å². The van der Waals surface area contributed by atoms with Crippen molar-refractivity contribution < 1.29 is 9.63 Å². The Bertz CT molecular complexity index is 468. The minimum Gasteiger partial charge on any atom is -0.507 e. The molecule has 1 aromatic carbocycles. The van der Waals surface area contributed by atoms with Crippen molar-refractivity contribution in [3.8, 4) is 16.9 Å². The number of halogens is 1. The molecule has 0 atom stereocenters. The number of hydrogen-bond donors (Lipinski definition) is 2. The van der Waals surface area contributed by atoms with Crippen LogP contribution in [0.2, 0.25) is 0 Å². The van der Waals surface area contributed by atoms with Gasteiger partial charge in [0.25, 0.3) is 0 Å². The first-order chi connectivity index (χ1) is 6.68. The van der Waals surface area contributed by atoms with Gasteiger partial charge in [0.1, 0.15) is 5.75 Å². The molecule has 2 aromatic rings. The van der Waals surface area contributed by atoms with Crippen LogP contribution in [0, 0.1) is 0 Å². The molecule has 3 N–H and O–H groups in total. The fourth-order valence-corrected chi connectivity index (χ4v) is 1.54. The number of benzene rings is 1. The Balaban J connectivity index is 2.62. The number of phenols is 1. The molecule has 0 amide bonds. The molecule has 14 heavy (non-hydrogen) atoms. The summed E-state index contributed by atoms with van der Waals surface area (Å²) in [5, 5.41) is 13.1. The fourth-order valence-electron chi connectivity index (χ4n) is 1.17. The van der Waals surface area contributed by atoms with Crippen molar-refractivity contribution in [1.29, 1.82) is 0 Å². The Kier molecular flexibility index (Phi) is 2.17. The molecule has 0 saturated heterocycles. The number of aromatic hydroxyl groups is 1. The molecule has 0 unspecified atom stereocenters. The molecule has 0 radical (unpaired) electrons. The van der Waals surface area contributed by atoms with Crippen LogP contribution in [0.5, 0.6) is 5.75 Å². The third-order valence-electron chi connectivity index (χ3n) is 1.85. The van der Waals surface area contributed by atoms with Crippen molar-refractivity contribution in [1.82, 2.24) is 5.16 Å². The smallest absolute Gasteiger partial charge is 0.230 e. The summed E-state index contributed by atoms with van der Waals surface area (Å²) in [5.41, 5.74) is 6.72. The summed E-state index contributed by atoms with van der Waals surface area (Å²) in [6.07, 6.45) is 1.47. The van der Waals surface area contributed by atoms with Crippen molar-refractivity contribution in [2.75, 3.05) is 5.73 Å². The molecular formula is C9H7BrN2O2. The van der Waals surface area contributed by atoms with Crippen molar-refractivity contribution in [2.45, 2.75) is 0 Å². The summed E-state index contributed by atoms with van der Waals surface area (Å²) in [6, 6.07) is 5.06. The predicted molar refractivity (Wildman–Crippen MR) is 55.7 cm³/mol. The van der Waals surface area contributed by atoms with Gasteiger partial charge in [0, 0.05) is 10.0 Å². The van der Waals surface area contributed by atoms with Crippen molar-refractivity contribution in [3.63, 3.8) is 0 Å². The van der Waals surface area contributed by atoms with Crippen molar-refractivity contribution >= 4 is 21.8 Å². The molecule has 0 aliphatic rings. The lowest BCUT2D eigenvalue weighted by molar-refractivity contribution is 0.436. The molecule has 2 rings (SSSR count). The van der Waals surface area contributed by atoms with Crippen LogP contribution in [0.1, 0.15) is 0 Å². The van der Waals surface area contributed by atoms with Gasteiger partial charge in [0.2, 0.25) is 5.88 Å². The molecular weight excluding hydrogens is 248 g/mol. The molecule has 72 valence electrons. The molecule has 0 fully saturated rings. The third kappa shape index (κ3) is 1.46. The first kappa shape index (κ1) is 9.08. The van der Waals surface area contributed by atoms with Crippen molar-refractivity contribution in [3.05, 3.63) is 28.9 Å². The maximum Gasteiger partial charge on any atom is 0.230 e. The van der Waals surface area contributed by atoms with Gasteiger partial charge in [-0.05, 0) is 18.2 Å². The standard InChI is InChI=1S/C9H7BrN2O2/c10-5-1-2-8(13)6(3-5)7-4-12-14-9(7)11/h1-4,13H,11H2. The van der Waals surface area contributed by atoms with E-state index in [1.807, 2.05) is 0 Å². The largest absolute Gasteiger partial charge is 0.507 e. The van der Waals surface area contributed by atoms with Gasteiger partial charge in [-0.1, -0.05) is 21.1 Å². The summed E-state index contributed by atoms with van der Waals surface area (Å²) in [7, 11) is 0. The highest BCUT2D eigenvalue weighted by Crippen LogP contribution is 2.34. The first-order valence-corrected chi connectivity index (χ1v) is 4.67. The highest BCUT2D eigenvalue weighted by molar-refractivity contribution is 9.10. The Morgan fingerprint density at radius 3 is 2.79 bits per heavy atom. The number of nitrogen functional groups attached to an aromatic ring is 1. The van der Waals surface area contributed by atoms with Crippen LogP contribution >= 0.6 is 15.9 Å². The number of phenolic OH excluding ortho intramolecular Hbond substituents is 1. The Morgan fingerprint density at radius 1 is 1.36 bits per heavy atom. The average Bonchev–Trinajstić information content (AvgIpc) is 2.56. The van der Waals surface area contributed by atoms with E-state index in [-0.39, 0.29) is 11.6 Å². The Labute approximate surface area is 88.5 Å². The van der Waals surface area contributed by atoms with Gasteiger partial charge in [-0.3, -0.25) is 0 Å². The fraction of sp³-hybridized carbons (Fsp3) is 0. The first-order valence-electron chi connectivity index (χ1n) is 3.87. The number of nitrogens with zero attached hydrogens (tertiary/aromatic N) is 1. The van der Waals surface area contributed by atoms with Crippen LogP contribution in [0.3, 0.4) is 0 Å². The van der Waals surface area contributed by atoms with E-state index in [4.69, 9.17) is 10.3 Å². The van der Waals surface area contributed by atoms with Gasteiger partial charge >= 0.3 is 0 Å². The molecule has 0 aliphatic carbocycles. The lowest BCUT2D eigenvalue weighted by Gasteiger charge is -2.02. The van der Waals surface area contributed by atoms with E-state index in [0.29, 0.717) is 11.1 Å². The highest BCUT2D eigenvalue weighted by atomic mass is 79.9. The monoisotopic (exact) mass is 254 g/mol. The Hall–Kier alpha value is -1.49. The average molecular weight is 255 g/mol. The SMILES string of the molecule is Nc1oncc1-c1cc(Br)ccc1O. The molecule has 4 nitrogen and oxygen atoms in total. The van der Waals surface area contributed by atoms with E-state index in [2.05, 4.69) is 21.1 Å². The van der Waals surface area contributed by atoms with Gasteiger partial charge < -0.3 is 15.4 Å². The summed E-state index contributed by atoms with van der Waals surface area (Å²) in [5.74, 6) is 0.335. The van der Waals surface area contributed by atoms with Gasteiger partial charge in [-0.2, -0.15) is 0 Å². The molecule has 0 spiro atoms. The summed E-state index contributed by atoms with van der Waals surface area (Å²) in [4.78, 5) is 0. The minimum atomic E-state index is 0.142. The molecule has 5 heteroatoms. The number of anilines is 1. The number of aromatic nitrogens is 1. The van der Waals surface area contributed by atoms with Crippen LogP contribution in [0.4, 0.5) is 5.88 Å². The second-order valence-corrected chi connectivity index (χ2v) is 3.68. The summed E-state index contributed by atoms with van der Waals surface area (Å²) >= 11 is 3.30. The van der Waals surface area contributed by atoms with Crippen LogP contribution < -0.4 is 5.73 Å². The predicted octanol–water partition coefficient (Wildman–Crippen LogP) is 2.39. The maximum atomic E-state index is 9.59. The topological polar surface area (TPSA) is 72.3 Å². The quantitative estimate of drug-likeness (QED) is 0.820. The van der Waals surface area contributed by atoms with Crippen LogP contribution in [0.25, 0.3) is 11.1 Å². The summed E-state index contributed by atoms with van der Waals surface area (Å²) < 4.78 is 5.57. The highest BCUT2D eigenvalue weighted by Gasteiger charge is 2.11. The zero-order valence-electron chi connectivity index (χ0n) is 7.07. The van der Waals surface area contributed by atoms with Gasteiger partial charge in [0.15, 0.2) is 0 Å². The number of hydrogen-bond acceptors (Lipinski definition) is 4. The number of nitrogens with two attached hydrogens (primary N) is 1. The van der Waals surface area contributed by atoms with Gasteiger partial charge in [0.05, 0.1) is 11.8 Å². The zero-order chi connectivity index (χ0) is 10.1. The van der Waals surface area contributed by atoms with E-state index in [1.54, 1.807) is 18.2 Å². The lowest BCUT2D eigenvalue weighted by atomic mass is 10.1. The maximum absolute atomic E-state index is 9.59. The van der Waals surface area contributed by atoms with E-state index >= 15 is 0 Å². The molecule has 0 bridgehead atoms. The van der Waals surface area contributed by atoms with Crippen molar-refractivity contribution in [2.24, 2.45) is 0 Å². The minimum absolute atomic E-state index is 0.142. The van der Waals surface area contributed by atoms with E-state index in [1.165, 1.54) is 6.20 Å². The summed E-state index contributed by atoms with van der Waals surface area (Å²) in [6.45, 7) is 0. The normalized spacial score (nSPS) is 10.4. The van der Waals surface area contributed by atoms with E-state index in [0.717, 1.165) is 4.47 Å². The second-order valence-electron chi connectivity index (χ2n) is 2.77. The van der Waals surface area contributed by atoms with Crippen LogP contribution in [0.15, 0.2) is 33.4 Å². The van der Waals surface area contributed by atoms with Crippen LogP contribution in [-0.4, -0.2) is 10.3 Å². The van der Waals surface area contributed by atoms with Gasteiger partial charge in [-0.25, -0.2) is 0 Å². The van der Waals surface area contributed by atoms with E-state index < -0.39 is 0 Å². The molecule has 1 heterocycles. The molecule has 0 saturated carbocycles. The third-order valence-corrected chi connectivity index (χ3v) is 2.34. The van der Waals surface area contributed by atoms with Gasteiger partial charge in [-0.15, -0.1) is 0 Å². The van der Waals surface area contributed by atoms with E-state index in [9.17, 15) is 5.11 Å². The number of rotatable bonds is 1. The lowest BCUT2D eigenvalue weighted by Crippen LogP contribution is -1.85. The zero-order valence-corrected chi connectivity index (χ0v) is 8.65.